The van der Waals surface area contributed by atoms with Gasteiger partial charge in [0.05, 0.1) is 17.0 Å². The zero-order chi connectivity index (χ0) is 14.9. The number of amides is 1. The number of anilines is 1. The van der Waals surface area contributed by atoms with Crippen molar-refractivity contribution in [3.63, 3.8) is 0 Å². The van der Waals surface area contributed by atoms with Crippen LogP contribution in [0.3, 0.4) is 0 Å². The summed E-state index contributed by atoms with van der Waals surface area (Å²) in [5, 5.41) is 16.5. The van der Waals surface area contributed by atoms with E-state index >= 15 is 0 Å². The normalized spacial score (nSPS) is 17.5. The molecule has 1 aliphatic heterocycles. The predicted molar refractivity (Wildman–Crippen MR) is 76.4 cm³/mol. The van der Waals surface area contributed by atoms with Gasteiger partial charge in [0.2, 0.25) is 0 Å². The van der Waals surface area contributed by atoms with Gasteiger partial charge in [-0.2, -0.15) is 5.10 Å². The molecular weight excluding hydrogens is 258 g/mol. The van der Waals surface area contributed by atoms with Gasteiger partial charge in [-0.25, -0.2) is 0 Å². The summed E-state index contributed by atoms with van der Waals surface area (Å²) >= 11 is 0. The molecule has 20 heavy (non-hydrogen) atoms. The molecule has 0 aliphatic carbocycles. The third-order valence-corrected chi connectivity index (χ3v) is 3.47. The maximum Gasteiger partial charge on any atom is 0.276 e. The van der Waals surface area contributed by atoms with Gasteiger partial charge in [-0.15, -0.1) is 0 Å². The lowest BCUT2D eigenvalue weighted by atomic mass is 10.1. The Kier molecular flexibility index (Phi) is 4.01. The van der Waals surface area contributed by atoms with E-state index in [0.29, 0.717) is 36.7 Å². The van der Waals surface area contributed by atoms with Gasteiger partial charge in [-0.1, -0.05) is 0 Å². The fourth-order valence-electron chi connectivity index (χ4n) is 2.41. The highest BCUT2D eigenvalue weighted by Crippen LogP contribution is 2.16. The zero-order valence-corrected chi connectivity index (χ0v) is 12.3. The van der Waals surface area contributed by atoms with Crippen LogP contribution in [-0.4, -0.2) is 69.3 Å². The summed E-state index contributed by atoms with van der Waals surface area (Å²) in [6, 6.07) is 0. The number of hydrogen-bond donors (Lipinski definition) is 3. The van der Waals surface area contributed by atoms with Gasteiger partial charge in [0.15, 0.2) is 5.69 Å². The van der Waals surface area contributed by atoms with Gasteiger partial charge in [0, 0.05) is 32.7 Å². The number of rotatable bonds is 3. The molecule has 1 aliphatic rings. The summed E-state index contributed by atoms with van der Waals surface area (Å²) in [6.07, 6.45) is 0. The Bertz CT molecular complexity index is 483. The van der Waals surface area contributed by atoms with E-state index in [2.05, 4.69) is 15.1 Å². The van der Waals surface area contributed by atoms with Crippen LogP contribution in [0.1, 0.15) is 30.0 Å². The number of nitrogens with one attached hydrogen (secondary N) is 1. The number of aromatic amines is 1. The Labute approximate surface area is 118 Å². The zero-order valence-electron chi connectivity index (χ0n) is 12.3. The molecule has 1 saturated heterocycles. The second kappa shape index (κ2) is 5.41. The van der Waals surface area contributed by atoms with Crippen molar-refractivity contribution in [2.45, 2.75) is 26.4 Å². The first-order valence-corrected chi connectivity index (χ1v) is 6.82. The highest BCUT2D eigenvalue weighted by molar-refractivity contribution is 5.97. The Morgan fingerprint density at radius 2 is 2.00 bits per heavy atom. The molecule has 112 valence electrons. The van der Waals surface area contributed by atoms with Crippen LogP contribution in [0, 0.1) is 6.92 Å². The average Bonchev–Trinajstić information content (AvgIpc) is 2.68. The number of nitrogen functional groups attached to an aromatic ring is 1. The monoisotopic (exact) mass is 281 g/mol. The van der Waals surface area contributed by atoms with E-state index in [-0.39, 0.29) is 5.91 Å². The van der Waals surface area contributed by atoms with Gasteiger partial charge in [0.1, 0.15) is 0 Å². The molecule has 7 heteroatoms. The number of nitrogens with two attached hydrogens (primary N) is 1. The molecule has 0 bridgehead atoms. The van der Waals surface area contributed by atoms with Crippen LogP contribution in [0.25, 0.3) is 0 Å². The Balaban J connectivity index is 1.94. The molecule has 0 aromatic carbocycles. The van der Waals surface area contributed by atoms with E-state index < -0.39 is 5.60 Å². The number of H-pyrrole nitrogens is 1. The molecule has 7 nitrogen and oxygen atoms in total. The number of carbonyl (C=O) groups is 1. The molecule has 0 spiro atoms. The van der Waals surface area contributed by atoms with E-state index in [1.54, 1.807) is 25.7 Å². The second-order valence-corrected chi connectivity index (χ2v) is 5.99. The van der Waals surface area contributed by atoms with Crippen LogP contribution in [0.5, 0.6) is 0 Å². The van der Waals surface area contributed by atoms with E-state index in [4.69, 9.17) is 5.73 Å². The van der Waals surface area contributed by atoms with Gasteiger partial charge in [-0.3, -0.25) is 14.8 Å². The van der Waals surface area contributed by atoms with Gasteiger partial charge in [0.25, 0.3) is 5.91 Å². The maximum absolute atomic E-state index is 12.3. The minimum Gasteiger partial charge on any atom is -0.395 e. The molecule has 1 amide bonds. The van der Waals surface area contributed by atoms with Gasteiger partial charge >= 0.3 is 0 Å². The lowest BCUT2D eigenvalue weighted by molar-refractivity contribution is 0.0177. The highest BCUT2D eigenvalue weighted by Gasteiger charge is 2.27. The molecule has 0 saturated carbocycles. The fraction of sp³-hybridized carbons (Fsp3) is 0.692. The molecule has 1 aromatic rings. The topological polar surface area (TPSA) is 98.5 Å². The van der Waals surface area contributed by atoms with Crippen LogP contribution in [-0.2, 0) is 0 Å². The first-order chi connectivity index (χ1) is 9.28. The Morgan fingerprint density at radius 3 is 2.45 bits per heavy atom. The third-order valence-electron chi connectivity index (χ3n) is 3.47. The van der Waals surface area contributed by atoms with E-state index in [0.717, 1.165) is 13.1 Å². The summed E-state index contributed by atoms with van der Waals surface area (Å²) in [4.78, 5) is 16.2. The van der Waals surface area contributed by atoms with Crippen molar-refractivity contribution in [3.8, 4) is 0 Å². The third kappa shape index (κ3) is 3.29. The molecular formula is C13H23N5O2. The summed E-state index contributed by atoms with van der Waals surface area (Å²) in [5.74, 6) is -0.130. The van der Waals surface area contributed by atoms with Crippen molar-refractivity contribution < 1.29 is 9.90 Å². The van der Waals surface area contributed by atoms with Crippen LogP contribution in [0.4, 0.5) is 5.69 Å². The number of aromatic nitrogens is 2. The smallest absolute Gasteiger partial charge is 0.276 e. The number of piperazine rings is 1. The quantitative estimate of drug-likeness (QED) is 0.714. The van der Waals surface area contributed by atoms with Crippen LogP contribution in [0.2, 0.25) is 0 Å². The summed E-state index contributed by atoms with van der Waals surface area (Å²) in [6.45, 7) is 8.73. The standard InChI is InChI=1S/C13H23N5O2/c1-9-10(14)11(16-15-9)12(19)18-6-4-17(5-7-18)8-13(2,3)20/h20H,4-8,14H2,1-3H3,(H,15,16). The molecule has 4 N–H and O–H groups in total. The largest absolute Gasteiger partial charge is 0.395 e. The number of aryl methyl sites for hydroxylation is 1. The van der Waals surface area contributed by atoms with E-state index in [9.17, 15) is 9.90 Å². The van der Waals surface area contributed by atoms with Crippen molar-refractivity contribution in [1.82, 2.24) is 20.0 Å². The number of β-amino-alcohol motifs (C(OH)–C–C–N with tert-alkyl or cyclic N) is 1. The molecule has 1 aromatic heterocycles. The Morgan fingerprint density at radius 1 is 1.40 bits per heavy atom. The number of aliphatic hydroxyl groups is 1. The molecule has 2 rings (SSSR count). The van der Waals surface area contributed by atoms with E-state index in [1.165, 1.54) is 0 Å². The summed E-state index contributed by atoms with van der Waals surface area (Å²) in [7, 11) is 0. The van der Waals surface area contributed by atoms with Crippen molar-refractivity contribution in [2.24, 2.45) is 0 Å². The van der Waals surface area contributed by atoms with Crippen LogP contribution in [0.15, 0.2) is 0 Å². The lowest BCUT2D eigenvalue weighted by Crippen LogP contribution is -2.52. The van der Waals surface area contributed by atoms with Crippen molar-refractivity contribution in [3.05, 3.63) is 11.4 Å². The van der Waals surface area contributed by atoms with Crippen molar-refractivity contribution in [2.75, 3.05) is 38.5 Å². The first kappa shape index (κ1) is 14.8. The molecule has 2 heterocycles. The van der Waals surface area contributed by atoms with Crippen molar-refractivity contribution in [1.29, 1.82) is 0 Å². The van der Waals surface area contributed by atoms with Gasteiger partial charge in [-0.05, 0) is 20.8 Å². The Hall–Kier alpha value is -1.60. The fourth-order valence-corrected chi connectivity index (χ4v) is 2.41. The lowest BCUT2D eigenvalue weighted by Gasteiger charge is -2.37. The van der Waals surface area contributed by atoms with Crippen LogP contribution >= 0.6 is 0 Å². The second-order valence-electron chi connectivity index (χ2n) is 5.99. The van der Waals surface area contributed by atoms with Crippen LogP contribution < -0.4 is 5.73 Å². The van der Waals surface area contributed by atoms with Gasteiger partial charge < -0.3 is 15.7 Å². The minimum absolute atomic E-state index is 0.130. The summed E-state index contributed by atoms with van der Waals surface area (Å²) < 4.78 is 0. The molecule has 0 atom stereocenters. The first-order valence-electron chi connectivity index (χ1n) is 6.82. The SMILES string of the molecule is Cc1[nH]nc(C(=O)N2CCN(CC(C)(C)O)CC2)c1N. The highest BCUT2D eigenvalue weighted by atomic mass is 16.3. The predicted octanol–water partition coefficient (Wildman–Crippen LogP) is -0.171. The molecule has 0 unspecified atom stereocenters. The van der Waals surface area contributed by atoms with Crippen molar-refractivity contribution >= 4 is 11.6 Å². The molecule has 1 fully saturated rings. The molecule has 0 radical (unpaired) electrons. The number of carbonyl (C=O) groups excluding carboxylic acids is 1. The number of nitrogens with zero attached hydrogens (tertiary/aromatic N) is 3. The number of hydrogen-bond acceptors (Lipinski definition) is 5. The average molecular weight is 281 g/mol. The maximum atomic E-state index is 12.3. The van der Waals surface area contributed by atoms with E-state index in [1.807, 2.05) is 0 Å². The summed E-state index contributed by atoms with van der Waals surface area (Å²) in [5.41, 5.74) is 6.57. The minimum atomic E-state index is -0.712.